The van der Waals surface area contributed by atoms with Crippen LogP contribution in [0.4, 0.5) is 0 Å². The summed E-state index contributed by atoms with van der Waals surface area (Å²) in [6.07, 6.45) is 5.85. The van der Waals surface area contributed by atoms with Crippen LogP contribution in [-0.2, 0) is 22.4 Å². The number of para-hydroxylation sites is 2. The first-order valence-electron chi connectivity index (χ1n) is 12.2. The molecule has 1 aromatic heterocycles. The van der Waals surface area contributed by atoms with Crippen molar-refractivity contribution >= 4 is 22.8 Å². The molecule has 0 spiro atoms. The summed E-state index contributed by atoms with van der Waals surface area (Å²) < 4.78 is 0. The zero-order valence-corrected chi connectivity index (χ0v) is 19.1. The summed E-state index contributed by atoms with van der Waals surface area (Å²) in [5.74, 6) is 1.58. The first kappa shape index (κ1) is 21.7. The molecule has 2 saturated heterocycles. The average Bonchev–Trinajstić information content (AvgIpc) is 3.60. The first-order chi connectivity index (χ1) is 16.2. The van der Waals surface area contributed by atoms with Gasteiger partial charge in [-0.05, 0) is 55.7 Å². The molecule has 2 amide bonds. The number of nitrogens with zero attached hydrogens (tertiary/aromatic N) is 3. The molecule has 3 aromatic rings. The number of amides is 2. The van der Waals surface area contributed by atoms with E-state index in [0.29, 0.717) is 25.3 Å². The summed E-state index contributed by atoms with van der Waals surface area (Å²) in [5.41, 5.74) is 3.27. The Morgan fingerprint density at radius 3 is 2.64 bits per heavy atom. The van der Waals surface area contributed by atoms with Crippen molar-refractivity contribution in [3.8, 4) is 0 Å². The van der Waals surface area contributed by atoms with Crippen molar-refractivity contribution in [1.29, 1.82) is 0 Å². The number of aromatic amines is 1. The van der Waals surface area contributed by atoms with E-state index in [2.05, 4.69) is 34.2 Å². The number of fused-ring (bicyclic) bond motifs is 1. The largest absolute Gasteiger partial charge is 0.342 e. The fourth-order valence-corrected chi connectivity index (χ4v) is 5.31. The van der Waals surface area contributed by atoms with Gasteiger partial charge in [-0.15, -0.1) is 0 Å². The number of imidazole rings is 1. The van der Waals surface area contributed by atoms with Crippen LogP contribution < -0.4 is 0 Å². The molecule has 6 heteroatoms. The summed E-state index contributed by atoms with van der Waals surface area (Å²) in [5, 5.41) is 0. The Hall–Kier alpha value is -3.15. The zero-order valence-electron chi connectivity index (χ0n) is 19.1. The van der Waals surface area contributed by atoms with E-state index in [9.17, 15) is 9.59 Å². The summed E-state index contributed by atoms with van der Waals surface area (Å²) in [7, 11) is 0. The van der Waals surface area contributed by atoms with Gasteiger partial charge in [0.2, 0.25) is 11.8 Å². The standard InChI is InChI=1S/C27H32N4O2/c32-26(15-14-25-28-22-9-4-5-10-23(22)29-25)31-17-6-11-24(31)27(33)30-18-16-21(19-30)13-12-20-7-2-1-3-8-20/h1-5,7-10,21,24H,6,11-19H2,(H,28,29)/t21?,24-/m0/s1. The van der Waals surface area contributed by atoms with Crippen LogP contribution in [0.1, 0.15) is 43.5 Å². The third-order valence-corrected chi connectivity index (χ3v) is 7.15. The molecule has 6 nitrogen and oxygen atoms in total. The molecule has 2 aliphatic heterocycles. The molecule has 33 heavy (non-hydrogen) atoms. The Morgan fingerprint density at radius 1 is 0.970 bits per heavy atom. The fraction of sp³-hybridized carbons (Fsp3) is 0.444. The van der Waals surface area contributed by atoms with E-state index >= 15 is 0 Å². The molecule has 3 heterocycles. The number of hydrogen-bond acceptors (Lipinski definition) is 3. The maximum atomic E-state index is 13.3. The highest BCUT2D eigenvalue weighted by Crippen LogP contribution is 2.26. The predicted octanol–water partition coefficient (Wildman–Crippen LogP) is 3.97. The number of aromatic nitrogens is 2. The van der Waals surface area contributed by atoms with Crippen LogP contribution in [0, 0.1) is 5.92 Å². The number of carbonyl (C=O) groups excluding carboxylic acids is 2. The summed E-state index contributed by atoms with van der Waals surface area (Å²) in [6.45, 7) is 2.32. The van der Waals surface area contributed by atoms with Crippen LogP contribution >= 0.6 is 0 Å². The second-order valence-corrected chi connectivity index (χ2v) is 9.41. The smallest absolute Gasteiger partial charge is 0.245 e. The van der Waals surface area contributed by atoms with Gasteiger partial charge in [-0.1, -0.05) is 42.5 Å². The SMILES string of the molecule is O=C([C@@H]1CCCN1C(=O)CCc1nc2ccccc2[nH]1)N1CCC(CCc2ccccc2)C1. The molecule has 2 fully saturated rings. The van der Waals surface area contributed by atoms with Crippen LogP contribution in [0.25, 0.3) is 11.0 Å². The molecule has 2 atom stereocenters. The molecule has 1 N–H and O–H groups in total. The van der Waals surface area contributed by atoms with E-state index in [-0.39, 0.29) is 17.9 Å². The molecular weight excluding hydrogens is 412 g/mol. The van der Waals surface area contributed by atoms with Gasteiger partial charge in [0, 0.05) is 32.5 Å². The minimum atomic E-state index is -0.291. The topological polar surface area (TPSA) is 69.3 Å². The zero-order chi connectivity index (χ0) is 22.6. The van der Waals surface area contributed by atoms with Crippen LogP contribution in [0.3, 0.4) is 0 Å². The van der Waals surface area contributed by atoms with Crippen molar-refractivity contribution in [2.45, 2.75) is 51.0 Å². The maximum absolute atomic E-state index is 13.3. The van der Waals surface area contributed by atoms with Gasteiger partial charge in [-0.3, -0.25) is 9.59 Å². The molecule has 0 bridgehead atoms. The van der Waals surface area contributed by atoms with Crippen molar-refractivity contribution in [2.24, 2.45) is 5.92 Å². The fourth-order valence-electron chi connectivity index (χ4n) is 5.31. The van der Waals surface area contributed by atoms with Crippen molar-refractivity contribution < 1.29 is 9.59 Å². The van der Waals surface area contributed by atoms with Crippen LogP contribution in [0.15, 0.2) is 54.6 Å². The van der Waals surface area contributed by atoms with E-state index in [1.807, 2.05) is 40.1 Å². The van der Waals surface area contributed by atoms with E-state index < -0.39 is 0 Å². The molecule has 2 aromatic carbocycles. The lowest BCUT2D eigenvalue weighted by Crippen LogP contribution is -2.47. The Kier molecular flexibility index (Phi) is 6.42. The lowest BCUT2D eigenvalue weighted by atomic mass is 9.99. The second-order valence-electron chi connectivity index (χ2n) is 9.41. The molecular formula is C27H32N4O2. The third kappa shape index (κ3) is 4.95. The maximum Gasteiger partial charge on any atom is 0.245 e. The molecule has 0 radical (unpaired) electrons. The van der Waals surface area contributed by atoms with Crippen LogP contribution in [-0.4, -0.2) is 57.3 Å². The average molecular weight is 445 g/mol. The molecule has 0 saturated carbocycles. The van der Waals surface area contributed by atoms with Gasteiger partial charge >= 0.3 is 0 Å². The van der Waals surface area contributed by atoms with Gasteiger partial charge in [0.25, 0.3) is 0 Å². The van der Waals surface area contributed by atoms with Gasteiger partial charge in [0.05, 0.1) is 11.0 Å². The molecule has 2 aliphatic rings. The van der Waals surface area contributed by atoms with Crippen molar-refractivity contribution in [3.63, 3.8) is 0 Å². The predicted molar refractivity (Wildman–Crippen MR) is 129 cm³/mol. The lowest BCUT2D eigenvalue weighted by Gasteiger charge is -2.28. The monoisotopic (exact) mass is 444 g/mol. The van der Waals surface area contributed by atoms with Crippen LogP contribution in [0.2, 0.25) is 0 Å². The molecule has 1 unspecified atom stereocenters. The molecule has 0 aliphatic carbocycles. The van der Waals surface area contributed by atoms with Gasteiger partial charge in [-0.25, -0.2) is 4.98 Å². The van der Waals surface area contributed by atoms with Gasteiger partial charge < -0.3 is 14.8 Å². The number of carbonyl (C=O) groups is 2. The Morgan fingerprint density at radius 2 is 1.79 bits per heavy atom. The van der Waals surface area contributed by atoms with E-state index in [1.54, 1.807) is 0 Å². The number of benzene rings is 2. The van der Waals surface area contributed by atoms with Crippen LogP contribution in [0.5, 0.6) is 0 Å². The van der Waals surface area contributed by atoms with Crippen molar-refractivity contribution in [1.82, 2.24) is 19.8 Å². The number of aryl methyl sites for hydroxylation is 2. The Balaban J connectivity index is 1.13. The summed E-state index contributed by atoms with van der Waals surface area (Å²) in [4.78, 5) is 38.0. The second kappa shape index (κ2) is 9.77. The first-order valence-corrected chi connectivity index (χ1v) is 12.2. The van der Waals surface area contributed by atoms with E-state index in [0.717, 1.165) is 62.1 Å². The number of H-pyrrole nitrogens is 1. The number of rotatable bonds is 7. The highest BCUT2D eigenvalue weighted by molar-refractivity contribution is 5.88. The van der Waals surface area contributed by atoms with Gasteiger partial charge in [0.1, 0.15) is 11.9 Å². The minimum absolute atomic E-state index is 0.0612. The van der Waals surface area contributed by atoms with E-state index in [1.165, 1.54) is 5.56 Å². The van der Waals surface area contributed by atoms with E-state index in [4.69, 9.17) is 0 Å². The van der Waals surface area contributed by atoms with Crippen molar-refractivity contribution in [2.75, 3.05) is 19.6 Å². The number of likely N-dealkylation sites (tertiary alicyclic amines) is 2. The highest BCUT2D eigenvalue weighted by Gasteiger charge is 2.38. The lowest BCUT2D eigenvalue weighted by molar-refractivity contribution is -0.143. The highest BCUT2D eigenvalue weighted by atomic mass is 16.2. The normalized spacial score (nSPS) is 20.6. The Bertz CT molecular complexity index is 1080. The Labute approximate surface area is 195 Å². The number of nitrogens with one attached hydrogen (secondary N) is 1. The summed E-state index contributed by atoms with van der Waals surface area (Å²) in [6, 6.07) is 18.2. The molecule has 172 valence electrons. The van der Waals surface area contributed by atoms with Gasteiger partial charge in [-0.2, -0.15) is 0 Å². The summed E-state index contributed by atoms with van der Waals surface area (Å²) >= 11 is 0. The minimum Gasteiger partial charge on any atom is -0.342 e. The number of hydrogen-bond donors (Lipinski definition) is 1. The van der Waals surface area contributed by atoms with Crippen molar-refractivity contribution in [3.05, 3.63) is 66.0 Å². The quantitative estimate of drug-likeness (QED) is 0.600. The van der Waals surface area contributed by atoms with Gasteiger partial charge in [0.15, 0.2) is 0 Å². The third-order valence-electron chi connectivity index (χ3n) is 7.15. The molecule has 5 rings (SSSR count).